The lowest BCUT2D eigenvalue weighted by molar-refractivity contribution is 0.0888. The van der Waals surface area contributed by atoms with Gasteiger partial charge in [-0.25, -0.2) is 13.1 Å². The summed E-state index contributed by atoms with van der Waals surface area (Å²) in [6.45, 7) is 1.96. The van der Waals surface area contributed by atoms with Gasteiger partial charge >= 0.3 is 0 Å². The number of hydrogen-bond donors (Lipinski definition) is 5. The van der Waals surface area contributed by atoms with Crippen molar-refractivity contribution in [2.75, 3.05) is 40.0 Å². The second-order valence-corrected chi connectivity index (χ2v) is 10.7. The first-order chi connectivity index (χ1) is 17.8. The van der Waals surface area contributed by atoms with Crippen molar-refractivity contribution >= 4 is 10.0 Å². The van der Waals surface area contributed by atoms with Crippen LogP contribution < -0.4 is 14.8 Å². The number of aliphatic hydroxyl groups is 3. The molecule has 0 spiro atoms. The maximum absolute atomic E-state index is 11.9. The van der Waals surface area contributed by atoms with E-state index in [1.54, 1.807) is 18.2 Å². The zero-order valence-corrected chi connectivity index (χ0v) is 21.8. The van der Waals surface area contributed by atoms with Crippen LogP contribution >= 0.6 is 0 Å². The number of ether oxygens (including phenoxy) is 2. The summed E-state index contributed by atoms with van der Waals surface area (Å²) < 4.78 is 37.4. The van der Waals surface area contributed by atoms with Gasteiger partial charge in [-0.05, 0) is 73.5 Å². The smallest absolute Gasteiger partial charge is 0.240 e. The van der Waals surface area contributed by atoms with Crippen molar-refractivity contribution in [2.45, 2.75) is 30.4 Å². The SMILES string of the molecule is CNS(=O)(=O)c1cccc(COCCOc2ccc(CCNCC(O)C3=CC=C(O)C(CO)C3)cc2)c1. The summed E-state index contributed by atoms with van der Waals surface area (Å²) in [5, 5.41) is 32.6. The van der Waals surface area contributed by atoms with Gasteiger partial charge in [0.1, 0.15) is 12.4 Å². The normalized spacial score (nSPS) is 16.7. The van der Waals surface area contributed by atoms with Gasteiger partial charge in [0.15, 0.2) is 0 Å². The molecule has 2 aromatic carbocycles. The van der Waals surface area contributed by atoms with Crippen LogP contribution in [0.5, 0.6) is 5.75 Å². The van der Waals surface area contributed by atoms with Crippen LogP contribution in [0.25, 0.3) is 0 Å². The molecule has 0 aromatic heterocycles. The summed E-state index contributed by atoms with van der Waals surface area (Å²) in [6, 6.07) is 14.4. The van der Waals surface area contributed by atoms with Crippen molar-refractivity contribution < 1.29 is 33.2 Å². The fourth-order valence-corrected chi connectivity index (χ4v) is 4.67. The Balaban J connectivity index is 1.31. The third-order valence-corrected chi connectivity index (χ3v) is 7.52. The maximum atomic E-state index is 11.9. The van der Waals surface area contributed by atoms with Crippen molar-refractivity contribution in [1.29, 1.82) is 0 Å². The summed E-state index contributed by atoms with van der Waals surface area (Å²) in [4.78, 5) is 0.204. The van der Waals surface area contributed by atoms with E-state index >= 15 is 0 Å². The van der Waals surface area contributed by atoms with Crippen molar-refractivity contribution in [3.8, 4) is 5.75 Å². The topological polar surface area (TPSA) is 137 Å². The maximum Gasteiger partial charge on any atom is 0.240 e. The van der Waals surface area contributed by atoms with Gasteiger partial charge in [-0.15, -0.1) is 0 Å². The minimum absolute atomic E-state index is 0.146. The lowest BCUT2D eigenvalue weighted by Gasteiger charge is -2.23. The van der Waals surface area contributed by atoms with Gasteiger partial charge in [-0.3, -0.25) is 0 Å². The van der Waals surface area contributed by atoms with Gasteiger partial charge in [-0.2, -0.15) is 0 Å². The molecule has 37 heavy (non-hydrogen) atoms. The van der Waals surface area contributed by atoms with E-state index in [1.807, 2.05) is 30.3 Å². The third-order valence-electron chi connectivity index (χ3n) is 6.11. The van der Waals surface area contributed by atoms with E-state index in [4.69, 9.17) is 9.47 Å². The van der Waals surface area contributed by atoms with E-state index in [-0.39, 0.29) is 29.8 Å². The number of nitrogens with one attached hydrogen (secondary N) is 2. The fourth-order valence-electron chi connectivity index (χ4n) is 3.87. The molecule has 5 N–H and O–H groups in total. The Kier molecular flexibility index (Phi) is 11.1. The molecule has 0 fully saturated rings. The molecule has 0 radical (unpaired) electrons. The van der Waals surface area contributed by atoms with Crippen LogP contribution in [-0.2, 0) is 27.8 Å². The highest BCUT2D eigenvalue weighted by Gasteiger charge is 2.22. The van der Waals surface area contributed by atoms with Crippen LogP contribution in [0.3, 0.4) is 0 Å². The number of allylic oxidation sites excluding steroid dienone is 2. The molecule has 202 valence electrons. The second-order valence-electron chi connectivity index (χ2n) is 8.79. The Bertz CT molecular complexity index is 1160. The van der Waals surface area contributed by atoms with E-state index in [0.717, 1.165) is 28.9 Å². The zero-order chi connectivity index (χ0) is 26.7. The van der Waals surface area contributed by atoms with Gasteiger partial charge in [-0.1, -0.05) is 30.3 Å². The number of benzene rings is 2. The first-order valence-corrected chi connectivity index (χ1v) is 13.7. The predicted octanol–water partition coefficient (Wildman–Crippen LogP) is 2.06. The molecular weight excluding hydrogens is 496 g/mol. The monoisotopic (exact) mass is 532 g/mol. The summed E-state index contributed by atoms with van der Waals surface area (Å²) in [5.74, 6) is 0.539. The highest BCUT2D eigenvalue weighted by atomic mass is 32.2. The summed E-state index contributed by atoms with van der Waals surface area (Å²) in [5.41, 5.74) is 2.69. The van der Waals surface area contributed by atoms with Gasteiger partial charge < -0.3 is 30.1 Å². The van der Waals surface area contributed by atoms with Crippen LogP contribution in [0.15, 0.2) is 76.9 Å². The van der Waals surface area contributed by atoms with Gasteiger partial charge in [0.25, 0.3) is 0 Å². The molecule has 3 rings (SSSR count). The minimum Gasteiger partial charge on any atom is -0.512 e. The Labute approximate surface area is 218 Å². The second kappa shape index (κ2) is 14.3. The van der Waals surface area contributed by atoms with Crippen molar-refractivity contribution in [2.24, 2.45) is 5.92 Å². The van der Waals surface area contributed by atoms with E-state index in [1.165, 1.54) is 19.2 Å². The fraction of sp³-hybridized carbons (Fsp3) is 0.407. The van der Waals surface area contributed by atoms with Crippen LogP contribution in [-0.4, -0.2) is 69.8 Å². The standard InChI is InChI=1S/C27H36N2O7S/c1-28-37(33,34)25-4-2-3-21(15-25)19-35-13-14-36-24-8-5-20(6-9-24)11-12-29-17-27(32)22-7-10-26(31)23(16-22)18-30/h2-10,15,23,27-32H,11-14,16-19H2,1H3. The summed E-state index contributed by atoms with van der Waals surface area (Å²) in [7, 11) is -2.10. The highest BCUT2D eigenvalue weighted by molar-refractivity contribution is 7.89. The Morgan fingerprint density at radius 1 is 1.08 bits per heavy atom. The van der Waals surface area contributed by atoms with Gasteiger partial charge in [0.05, 0.1) is 36.6 Å². The molecule has 1 aliphatic rings. The van der Waals surface area contributed by atoms with Crippen LogP contribution in [0.4, 0.5) is 0 Å². The first-order valence-electron chi connectivity index (χ1n) is 12.2. The Hall–Kier alpha value is -2.73. The average Bonchev–Trinajstić information content (AvgIpc) is 2.92. The van der Waals surface area contributed by atoms with Crippen molar-refractivity contribution in [3.05, 3.63) is 83.1 Å². The van der Waals surface area contributed by atoms with Gasteiger partial charge in [0, 0.05) is 12.5 Å². The van der Waals surface area contributed by atoms with E-state index in [2.05, 4.69) is 10.0 Å². The highest BCUT2D eigenvalue weighted by Crippen LogP contribution is 2.25. The van der Waals surface area contributed by atoms with E-state index in [9.17, 15) is 23.7 Å². The van der Waals surface area contributed by atoms with Crippen LogP contribution in [0.1, 0.15) is 17.5 Å². The molecule has 0 heterocycles. The van der Waals surface area contributed by atoms with E-state index < -0.39 is 16.1 Å². The number of rotatable bonds is 15. The molecule has 2 unspecified atom stereocenters. The molecular formula is C27H36N2O7S. The number of sulfonamides is 1. The minimum atomic E-state index is -3.48. The summed E-state index contributed by atoms with van der Waals surface area (Å²) >= 11 is 0. The molecule has 0 amide bonds. The zero-order valence-electron chi connectivity index (χ0n) is 21.0. The Morgan fingerprint density at radius 2 is 1.86 bits per heavy atom. The van der Waals surface area contributed by atoms with Crippen molar-refractivity contribution in [1.82, 2.24) is 10.0 Å². The molecule has 0 saturated heterocycles. The molecule has 10 heteroatoms. The number of aliphatic hydroxyl groups excluding tert-OH is 3. The van der Waals surface area contributed by atoms with Gasteiger partial charge in [0.2, 0.25) is 10.0 Å². The third kappa shape index (κ3) is 8.96. The van der Waals surface area contributed by atoms with Crippen LogP contribution in [0, 0.1) is 5.92 Å². The quantitative estimate of drug-likeness (QED) is 0.220. The molecule has 2 aromatic rings. The van der Waals surface area contributed by atoms with Crippen molar-refractivity contribution in [3.63, 3.8) is 0 Å². The molecule has 2 atom stereocenters. The molecule has 9 nitrogen and oxygen atoms in total. The average molecular weight is 533 g/mol. The lowest BCUT2D eigenvalue weighted by atomic mass is 9.90. The van der Waals surface area contributed by atoms with Crippen LogP contribution in [0.2, 0.25) is 0 Å². The molecule has 0 saturated carbocycles. The Morgan fingerprint density at radius 3 is 2.59 bits per heavy atom. The molecule has 0 bridgehead atoms. The number of hydrogen-bond acceptors (Lipinski definition) is 8. The largest absolute Gasteiger partial charge is 0.512 e. The lowest BCUT2D eigenvalue weighted by Crippen LogP contribution is -2.31. The van der Waals surface area contributed by atoms with E-state index in [0.29, 0.717) is 32.7 Å². The molecule has 1 aliphatic carbocycles. The molecule has 0 aliphatic heterocycles. The first kappa shape index (κ1) is 28.8. The summed E-state index contributed by atoms with van der Waals surface area (Å²) in [6.07, 6.45) is 3.83. The predicted molar refractivity (Wildman–Crippen MR) is 141 cm³/mol.